The van der Waals surface area contributed by atoms with Crippen molar-refractivity contribution in [2.75, 3.05) is 13.2 Å². The molecule has 1 rings (SSSR count). The second-order valence-corrected chi connectivity index (χ2v) is 5.78. The van der Waals surface area contributed by atoms with E-state index in [1.807, 2.05) is 12.1 Å². The van der Waals surface area contributed by atoms with Crippen molar-refractivity contribution in [1.82, 2.24) is 0 Å². The minimum absolute atomic E-state index is 0.0494. The minimum atomic E-state index is -0.478. The average Bonchev–Trinajstić information content (AvgIpc) is 2.29. The van der Waals surface area contributed by atoms with Gasteiger partial charge in [-0.15, -0.1) is 0 Å². The summed E-state index contributed by atoms with van der Waals surface area (Å²) in [5, 5.41) is 9.40. The molecule has 0 radical (unpaired) electrons. The molecule has 102 valence electrons. The molecule has 3 heteroatoms. The number of aryl methyl sites for hydroxylation is 1. The van der Waals surface area contributed by atoms with E-state index in [1.165, 1.54) is 11.1 Å². The van der Waals surface area contributed by atoms with E-state index in [-0.39, 0.29) is 12.0 Å². The van der Waals surface area contributed by atoms with Crippen LogP contribution in [0.2, 0.25) is 0 Å². The number of ether oxygens (including phenoxy) is 1. The van der Waals surface area contributed by atoms with Crippen LogP contribution in [-0.2, 0) is 5.41 Å². The molecule has 0 spiro atoms. The first kappa shape index (κ1) is 15.0. The van der Waals surface area contributed by atoms with E-state index in [0.29, 0.717) is 13.0 Å². The number of hydrogen-bond acceptors (Lipinski definition) is 3. The molecule has 0 bridgehead atoms. The zero-order valence-electron chi connectivity index (χ0n) is 11.9. The number of nitrogens with two attached hydrogens (primary N) is 1. The Morgan fingerprint density at radius 1 is 1.33 bits per heavy atom. The molecule has 0 aromatic heterocycles. The summed E-state index contributed by atoms with van der Waals surface area (Å²) in [5.74, 6) is 0.900. The van der Waals surface area contributed by atoms with Gasteiger partial charge >= 0.3 is 0 Å². The highest BCUT2D eigenvalue weighted by molar-refractivity contribution is 5.41. The molecule has 3 N–H and O–H groups in total. The SMILES string of the molecule is Cc1ccc(OCCC(O)CN)c(C(C)(C)C)c1. The maximum Gasteiger partial charge on any atom is 0.123 e. The van der Waals surface area contributed by atoms with Gasteiger partial charge in [-0.3, -0.25) is 0 Å². The summed E-state index contributed by atoms with van der Waals surface area (Å²) in [6.45, 7) is 9.36. The molecule has 0 saturated carbocycles. The predicted molar refractivity (Wildman–Crippen MR) is 75.1 cm³/mol. The first-order valence-corrected chi connectivity index (χ1v) is 6.46. The van der Waals surface area contributed by atoms with Crippen LogP contribution in [0, 0.1) is 6.92 Å². The number of rotatable bonds is 5. The quantitative estimate of drug-likeness (QED) is 0.844. The van der Waals surface area contributed by atoms with Crippen molar-refractivity contribution in [3.63, 3.8) is 0 Å². The number of aliphatic hydroxyl groups is 1. The van der Waals surface area contributed by atoms with Gasteiger partial charge in [-0.2, -0.15) is 0 Å². The summed E-state index contributed by atoms with van der Waals surface area (Å²) in [6.07, 6.45) is 0.0852. The van der Waals surface area contributed by atoms with Crippen molar-refractivity contribution in [3.05, 3.63) is 29.3 Å². The van der Waals surface area contributed by atoms with Crippen molar-refractivity contribution in [2.45, 2.75) is 45.6 Å². The largest absolute Gasteiger partial charge is 0.493 e. The van der Waals surface area contributed by atoms with Crippen LogP contribution in [0.25, 0.3) is 0 Å². The summed E-state index contributed by atoms with van der Waals surface area (Å²) in [4.78, 5) is 0. The van der Waals surface area contributed by atoms with Gasteiger partial charge in [0.05, 0.1) is 12.7 Å². The van der Waals surface area contributed by atoms with Crippen molar-refractivity contribution in [2.24, 2.45) is 5.73 Å². The molecule has 0 aliphatic heterocycles. The highest BCUT2D eigenvalue weighted by Crippen LogP contribution is 2.32. The van der Waals surface area contributed by atoms with Gasteiger partial charge in [0, 0.05) is 13.0 Å². The molecule has 1 aromatic carbocycles. The van der Waals surface area contributed by atoms with Gasteiger partial charge in [-0.25, -0.2) is 0 Å². The van der Waals surface area contributed by atoms with E-state index in [4.69, 9.17) is 10.5 Å². The van der Waals surface area contributed by atoms with E-state index < -0.39 is 6.10 Å². The van der Waals surface area contributed by atoms with Crippen molar-refractivity contribution >= 4 is 0 Å². The van der Waals surface area contributed by atoms with Crippen LogP contribution in [0.1, 0.15) is 38.3 Å². The van der Waals surface area contributed by atoms with Gasteiger partial charge < -0.3 is 15.6 Å². The monoisotopic (exact) mass is 251 g/mol. The van der Waals surface area contributed by atoms with E-state index in [9.17, 15) is 5.11 Å². The van der Waals surface area contributed by atoms with Crippen LogP contribution in [0.15, 0.2) is 18.2 Å². The zero-order chi connectivity index (χ0) is 13.8. The van der Waals surface area contributed by atoms with Crippen LogP contribution in [-0.4, -0.2) is 24.4 Å². The van der Waals surface area contributed by atoms with Crippen LogP contribution in [0.5, 0.6) is 5.75 Å². The standard InChI is InChI=1S/C15H25NO2/c1-11-5-6-14(13(9-11)15(2,3)4)18-8-7-12(17)10-16/h5-6,9,12,17H,7-8,10,16H2,1-4H3. The Kier molecular flexibility index (Phi) is 5.17. The molecule has 0 fully saturated rings. The Balaban J connectivity index is 2.76. The lowest BCUT2D eigenvalue weighted by atomic mass is 9.85. The summed E-state index contributed by atoms with van der Waals surface area (Å²) < 4.78 is 5.78. The second kappa shape index (κ2) is 6.21. The Bertz CT molecular complexity index is 383. The third-order valence-corrected chi connectivity index (χ3v) is 2.92. The topological polar surface area (TPSA) is 55.5 Å². The second-order valence-electron chi connectivity index (χ2n) is 5.78. The van der Waals surface area contributed by atoms with Crippen molar-refractivity contribution in [1.29, 1.82) is 0 Å². The van der Waals surface area contributed by atoms with Crippen molar-refractivity contribution < 1.29 is 9.84 Å². The normalized spacial score (nSPS) is 13.4. The maximum atomic E-state index is 9.40. The van der Waals surface area contributed by atoms with Gasteiger partial charge in [0.2, 0.25) is 0 Å². The van der Waals surface area contributed by atoms with E-state index in [1.54, 1.807) is 0 Å². The lowest BCUT2D eigenvalue weighted by molar-refractivity contribution is 0.145. The third-order valence-electron chi connectivity index (χ3n) is 2.92. The lowest BCUT2D eigenvalue weighted by Gasteiger charge is -2.23. The van der Waals surface area contributed by atoms with Gasteiger partial charge in [-0.05, 0) is 24.0 Å². The molecule has 0 aliphatic carbocycles. The van der Waals surface area contributed by atoms with Gasteiger partial charge in [-0.1, -0.05) is 38.5 Å². The Morgan fingerprint density at radius 2 is 2.00 bits per heavy atom. The molecular formula is C15H25NO2. The smallest absolute Gasteiger partial charge is 0.123 e. The van der Waals surface area contributed by atoms with E-state index in [0.717, 1.165) is 5.75 Å². The summed E-state index contributed by atoms with van der Waals surface area (Å²) in [6, 6.07) is 6.21. The molecule has 18 heavy (non-hydrogen) atoms. The van der Waals surface area contributed by atoms with Crippen LogP contribution < -0.4 is 10.5 Å². The summed E-state index contributed by atoms with van der Waals surface area (Å²) in [7, 11) is 0. The molecule has 1 atom stereocenters. The molecule has 0 aliphatic rings. The lowest BCUT2D eigenvalue weighted by Crippen LogP contribution is -2.22. The molecule has 1 unspecified atom stereocenters. The number of benzene rings is 1. The maximum absolute atomic E-state index is 9.40. The van der Waals surface area contributed by atoms with Crippen LogP contribution in [0.3, 0.4) is 0 Å². The Hall–Kier alpha value is -1.06. The fraction of sp³-hybridized carbons (Fsp3) is 0.600. The minimum Gasteiger partial charge on any atom is -0.493 e. The Labute approximate surface area is 110 Å². The molecule has 0 amide bonds. The van der Waals surface area contributed by atoms with Gasteiger partial charge in [0.1, 0.15) is 5.75 Å². The van der Waals surface area contributed by atoms with Crippen molar-refractivity contribution in [3.8, 4) is 5.75 Å². The van der Waals surface area contributed by atoms with Crippen LogP contribution >= 0.6 is 0 Å². The molecule has 1 aromatic rings. The molecule has 3 nitrogen and oxygen atoms in total. The third kappa shape index (κ3) is 4.31. The fourth-order valence-corrected chi connectivity index (χ4v) is 1.78. The van der Waals surface area contributed by atoms with Gasteiger partial charge in [0.15, 0.2) is 0 Å². The average molecular weight is 251 g/mol. The number of aliphatic hydroxyl groups excluding tert-OH is 1. The highest BCUT2D eigenvalue weighted by atomic mass is 16.5. The molecule has 0 saturated heterocycles. The van der Waals surface area contributed by atoms with Gasteiger partial charge in [0.25, 0.3) is 0 Å². The van der Waals surface area contributed by atoms with E-state index in [2.05, 4.69) is 33.8 Å². The first-order chi connectivity index (χ1) is 8.34. The summed E-state index contributed by atoms with van der Waals surface area (Å²) in [5.41, 5.74) is 7.84. The van der Waals surface area contributed by atoms with E-state index >= 15 is 0 Å². The predicted octanol–water partition coefficient (Wildman–Crippen LogP) is 2.38. The molecule has 0 heterocycles. The number of hydrogen-bond donors (Lipinski definition) is 2. The summed E-state index contributed by atoms with van der Waals surface area (Å²) >= 11 is 0. The fourth-order valence-electron chi connectivity index (χ4n) is 1.78. The molecular weight excluding hydrogens is 226 g/mol. The highest BCUT2D eigenvalue weighted by Gasteiger charge is 2.19. The Morgan fingerprint density at radius 3 is 2.56 bits per heavy atom. The zero-order valence-corrected chi connectivity index (χ0v) is 11.9. The first-order valence-electron chi connectivity index (χ1n) is 6.46. The van der Waals surface area contributed by atoms with Crippen LogP contribution in [0.4, 0.5) is 0 Å².